The van der Waals surface area contributed by atoms with Crippen LogP contribution < -0.4 is 10.5 Å². The maximum Gasteiger partial charge on any atom is 0.265 e. The first-order valence-corrected chi connectivity index (χ1v) is 11.1. The Morgan fingerprint density at radius 2 is 1.57 bits per heavy atom. The zero-order valence-corrected chi connectivity index (χ0v) is 18.7. The van der Waals surface area contributed by atoms with E-state index >= 15 is 0 Å². The van der Waals surface area contributed by atoms with Crippen molar-refractivity contribution in [3.8, 4) is 0 Å². The van der Waals surface area contributed by atoms with E-state index < -0.39 is 11.5 Å². The standard InChI is InChI=1S/C28H21FN4O2/c29-23-13-11-21(12-14-23)19-33-26-22(9-6-16-31-26)17-24(28(33)35)27(34)32(25-10-4-5-15-30-25)18-20-7-2-1-3-8-20/h1-17H,18-19H2. The molecule has 0 unspecified atom stereocenters. The fourth-order valence-electron chi connectivity index (χ4n) is 3.96. The smallest absolute Gasteiger partial charge is 0.265 e. The van der Waals surface area contributed by atoms with Gasteiger partial charge in [-0.05, 0) is 53.6 Å². The van der Waals surface area contributed by atoms with Gasteiger partial charge >= 0.3 is 0 Å². The van der Waals surface area contributed by atoms with E-state index in [0.717, 1.165) is 11.1 Å². The van der Waals surface area contributed by atoms with Gasteiger partial charge in [0.2, 0.25) is 0 Å². The molecule has 5 rings (SSSR count). The Labute approximate surface area is 200 Å². The fourth-order valence-corrected chi connectivity index (χ4v) is 3.96. The van der Waals surface area contributed by atoms with E-state index in [-0.39, 0.29) is 24.5 Å². The first-order valence-electron chi connectivity index (χ1n) is 11.1. The Hall–Kier alpha value is -4.65. The SMILES string of the molecule is O=C(c1cc2cccnc2n(Cc2ccc(F)cc2)c1=O)N(Cc1ccccc1)c1ccccn1. The molecule has 0 spiro atoms. The normalized spacial score (nSPS) is 10.9. The summed E-state index contributed by atoms with van der Waals surface area (Å²) in [4.78, 5) is 37.8. The van der Waals surface area contributed by atoms with Gasteiger partial charge in [0.15, 0.2) is 0 Å². The van der Waals surface area contributed by atoms with E-state index in [2.05, 4.69) is 9.97 Å². The van der Waals surface area contributed by atoms with Gasteiger partial charge in [0, 0.05) is 17.8 Å². The van der Waals surface area contributed by atoms with Crippen LogP contribution in [0.1, 0.15) is 21.5 Å². The molecule has 0 bridgehead atoms. The molecule has 1 amide bonds. The molecule has 5 aromatic rings. The van der Waals surface area contributed by atoms with E-state index in [1.165, 1.54) is 21.6 Å². The Morgan fingerprint density at radius 1 is 0.829 bits per heavy atom. The minimum Gasteiger partial charge on any atom is -0.288 e. The molecule has 0 fully saturated rings. The van der Waals surface area contributed by atoms with Crippen LogP contribution >= 0.6 is 0 Å². The minimum atomic E-state index is -0.473. The molecular formula is C28H21FN4O2. The summed E-state index contributed by atoms with van der Waals surface area (Å²) < 4.78 is 14.9. The van der Waals surface area contributed by atoms with Crippen LogP contribution in [-0.4, -0.2) is 20.4 Å². The van der Waals surface area contributed by atoms with Gasteiger partial charge in [0.25, 0.3) is 11.5 Å². The molecule has 3 heterocycles. The predicted octanol–water partition coefficient (Wildman–Crippen LogP) is 4.83. The first kappa shape index (κ1) is 22.2. The molecule has 0 aliphatic carbocycles. The van der Waals surface area contributed by atoms with Crippen LogP contribution in [0.25, 0.3) is 11.0 Å². The van der Waals surface area contributed by atoms with Gasteiger partial charge in [0.1, 0.15) is 22.8 Å². The van der Waals surface area contributed by atoms with Crippen LogP contribution in [0.3, 0.4) is 0 Å². The zero-order chi connectivity index (χ0) is 24.2. The number of rotatable bonds is 6. The molecule has 35 heavy (non-hydrogen) atoms. The largest absolute Gasteiger partial charge is 0.288 e. The summed E-state index contributed by atoms with van der Waals surface area (Å²) in [7, 11) is 0. The van der Waals surface area contributed by atoms with Gasteiger partial charge in [-0.1, -0.05) is 48.5 Å². The van der Waals surface area contributed by atoms with Crippen molar-refractivity contribution < 1.29 is 9.18 Å². The van der Waals surface area contributed by atoms with E-state index in [9.17, 15) is 14.0 Å². The summed E-state index contributed by atoms with van der Waals surface area (Å²) in [5.41, 5.74) is 1.61. The fraction of sp³-hybridized carbons (Fsp3) is 0.0714. The number of aromatic nitrogens is 3. The molecule has 0 N–H and O–H groups in total. The summed E-state index contributed by atoms with van der Waals surface area (Å²) in [6, 6.07) is 25.9. The summed E-state index contributed by atoms with van der Waals surface area (Å²) in [6.45, 7) is 0.398. The third-order valence-electron chi connectivity index (χ3n) is 5.69. The highest BCUT2D eigenvalue weighted by Gasteiger charge is 2.24. The summed E-state index contributed by atoms with van der Waals surface area (Å²) in [5, 5.41) is 0.651. The number of hydrogen-bond donors (Lipinski definition) is 0. The maximum absolute atomic E-state index is 13.9. The van der Waals surface area contributed by atoms with Crippen LogP contribution in [0.15, 0.2) is 108 Å². The lowest BCUT2D eigenvalue weighted by Gasteiger charge is -2.22. The predicted molar refractivity (Wildman–Crippen MR) is 133 cm³/mol. The number of amides is 1. The average Bonchev–Trinajstić information content (AvgIpc) is 2.90. The Bertz CT molecular complexity index is 1540. The molecule has 3 aromatic heterocycles. The molecule has 0 aliphatic rings. The van der Waals surface area contributed by atoms with Gasteiger partial charge in [-0.3, -0.25) is 19.1 Å². The van der Waals surface area contributed by atoms with Crippen LogP contribution in [0.5, 0.6) is 0 Å². The van der Waals surface area contributed by atoms with Gasteiger partial charge in [-0.15, -0.1) is 0 Å². The Morgan fingerprint density at radius 3 is 2.31 bits per heavy atom. The summed E-state index contributed by atoms with van der Waals surface area (Å²) >= 11 is 0. The Balaban J connectivity index is 1.63. The van der Waals surface area contributed by atoms with Gasteiger partial charge in [-0.25, -0.2) is 14.4 Å². The van der Waals surface area contributed by atoms with E-state index in [4.69, 9.17) is 0 Å². The van der Waals surface area contributed by atoms with Crippen molar-refractivity contribution in [2.75, 3.05) is 4.90 Å². The number of carbonyl (C=O) groups excluding carboxylic acids is 1. The topological polar surface area (TPSA) is 68.1 Å². The molecule has 0 radical (unpaired) electrons. The van der Waals surface area contributed by atoms with Crippen molar-refractivity contribution in [2.24, 2.45) is 0 Å². The van der Waals surface area contributed by atoms with Crippen molar-refractivity contribution >= 4 is 22.8 Å². The van der Waals surface area contributed by atoms with E-state index in [1.54, 1.807) is 54.9 Å². The number of carbonyl (C=O) groups is 1. The molecule has 6 nitrogen and oxygen atoms in total. The highest BCUT2D eigenvalue weighted by Crippen LogP contribution is 2.19. The van der Waals surface area contributed by atoms with Gasteiger partial charge < -0.3 is 0 Å². The second kappa shape index (κ2) is 9.69. The molecule has 0 aliphatic heterocycles. The third kappa shape index (κ3) is 4.70. The second-order valence-electron chi connectivity index (χ2n) is 8.06. The molecule has 172 valence electrons. The number of nitrogens with zero attached hydrogens (tertiary/aromatic N) is 4. The minimum absolute atomic E-state index is 0.00851. The van der Waals surface area contributed by atoms with Crippen molar-refractivity contribution in [3.63, 3.8) is 0 Å². The molecule has 2 aromatic carbocycles. The highest BCUT2D eigenvalue weighted by atomic mass is 19.1. The van der Waals surface area contributed by atoms with Gasteiger partial charge in [0.05, 0.1) is 13.1 Å². The quantitative estimate of drug-likeness (QED) is 0.361. The molecular weight excluding hydrogens is 443 g/mol. The van der Waals surface area contributed by atoms with Crippen LogP contribution in [0.2, 0.25) is 0 Å². The average molecular weight is 465 g/mol. The third-order valence-corrected chi connectivity index (χ3v) is 5.69. The first-order chi connectivity index (χ1) is 17.1. The monoisotopic (exact) mass is 464 g/mol. The molecule has 0 atom stereocenters. The summed E-state index contributed by atoms with van der Waals surface area (Å²) in [5.74, 6) is -0.381. The van der Waals surface area contributed by atoms with Crippen LogP contribution in [0, 0.1) is 5.82 Å². The molecule has 7 heteroatoms. The lowest BCUT2D eigenvalue weighted by molar-refractivity contribution is 0.0982. The van der Waals surface area contributed by atoms with Crippen molar-refractivity contribution in [3.05, 3.63) is 136 Å². The maximum atomic E-state index is 13.9. The number of benzene rings is 2. The van der Waals surface area contributed by atoms with Crippen molar-refractivity contribution in [1.29, 1.82) is 0 Å². The number of anilines is 1. The lowest BCUT2D eigenvalue weighted by atomic mass is 10.1. The van der Waals surface area contributed by atoms with Crippen molar-refractivity contribution in [1.82, 2.24) is 14.5 Å². The number of pyridine rings is 3. The number of fused-ring (bicyclic) bond motifs is 1. The number of halogens is 1. The highest BCUT2D eigenvalue weighted by molar-refractivity contribution is 6.06. The molecule has 0 saturated heterocycles. The van der Waals surface area contributed by atoms with E-state index in [0.29, 0.717) is 16.9 Å². The van der Waals surface area contributed by atoms with E-state index in [1.807, 2.05) is 36.4 Å². The van der Waals surface area contributed by atoms with Crippen LogP contribution in [0.4, 0.5) is 10.2 Å². The Kier molecular flexibility index (Phi) is 6.13. The molecule has 0 saturated carbocycles. The number of hydrogen-bond acceptors (Lipinski definition) is 4. The zero-order valence-electron chi connectivity index (χ0n) is 18.7. The van der Waals surface area contributed by atoms with Crippen LogP contribution in [-0.2, 0) is 13.1 Å². The lowest BCUT2D eigenvalue weighted by Crippen LogP contribution is -2.37. The van der Waals surface area contributed by atoms with Gasteiger partial charge in [-0.2, -0.15) is 0 Å². The summed E-state index contributed by atoms with van der Waals surface area (Å²) in [6.07, 6.45) is 3.21. The second-order valence-corrected chi connectivity index (χ2v) is 8.06. The van der Waals surface area contributed by atoms with Crippen molar-refractivity contribution in [2.45, 2.75) is 13.1 Å².